The third-order valence-corrected chi connectivity index (χ3v) is 5.09. The number of nitrogens with zero attached hydrogens (tertiary/aromatic N) is 2. The molecule has 5 nitrogen and oxygen atoms in total. The summed E-state index contributed by atoms with van der Waals surface area (Å²) in [5, 5.41) is 0.526. The standard InChI is InChI=1S/C18H25ClN2O3/c1-2-5-14-11-23-12-15-10-20(8-9-21(14)15)18(22)13-24-17-7-4-3-6-16(17)19/h3-4,6-7,14-15H,2,5,8-13H2,1H3/t14-,15+/m0/s1. The molecule has 2 saturated heterocycles. The predicted molar refractivity (Wildman–Crippen MR) is 93.5 cm³/mol. The first-order valence-electron chi connectivity index (χ1n) is 8.67. The van der Waals surface area contributed by atoms with Gasteiger partial charge in [0.25, 0.3) is 5.91 Å². The zero-order valence-corrected chi connectivity index (χ0v) is 14.9. The second-order valence-electron chi connectivity index (χ2n) is 6.43. The molecule has 0 spiro atoms. The number of piperazine rings is 1. The van der Waals surface area contributed by atoms with Gasteiger partial charge in [-0.05, 0) is 18.6 Å². The lowest BCUT2D eigenvalue weighted by molar-refractivity contribution is -0.142. The van der Waals surface area contributed by atoms with Gasteiger partial charge in [-0.2, -0.15) is 0 Å². The van der Waals surface area contributed by atoms with Crippen LogP contribution in [0.2, 0.25) is 5.02 Å². The Hall–Kier alpha value is -1.30. The summed E-state index contributed by atoms with van der Waals surface area (Å²) >= 11 is 6.06. The number of carbonyl (C=O) groups excluding carboxylic acids is 1. The Bertz CT molecular complexity index is 567. The van der Waals surface area contributed by atoms with Gasteiger partial charge < -0.3 is 14.4 Å². The summed E-state index contributed by atoms with van der Waals surface area (Å²) in [6.07, 6.45) is 2.31. The number of morpholine rings is 1. The number of fused-ring (bicyclic) bond motifs is 1. The minimum absolute atomic E-state index is 0.00665. The minimum Gasteiger partial charge on any atom is -0.482 e. The van der Waals surface area contributed by atoms with Gasteiger partial charge in [0.05, 0.1) is 24.3 Å². The van der Waals surface area contributed by atoms with Crippen molar-refractivity contribution < 1.29 is 14.3 Å². The van der Waals surface area contributed by atoms with Gasteiger partial charge in [0, 0.05) is 25.7 Å². The van der Waals surface area contributed by atoms with Crippen molar-refractivity contribution in [2.24, 2.45) is 0 Å². The number of rotatable bonds is 5. The highest BCUT2D eigenvalue weighted by Crippen LogP contribution is 2.24. The molecular formula is C18H25ClN2O3. The molecule has 1 amide bonds. The summed E-state index contributed by atoms with van der Waals surface area (Å²) in [7, 11) is 0. The van der Waals surface area contributed by atoms with Crippen molar-refractivity contribution in [3.05, 3.63) is 29.3 Å². The second kappa shape index (κ2) is 8.19. The summed E-state index contributed by atoms with van der Waals surface area (Å²) in [6, 6.07) is 8.01. The second-order valence-corrected chi connectivity index (χ2v) is 6.84. The Morgan fingerprint density at radius 1 is 1.33 bits per heavy atom. The molecule has 132 valence electrons. The maximum Gasteiger partial charge on any atom is 0.260 e. The van der Waals surface area contributed by atoms with Crippen LogP contribution in [0.3, 0.4) is 0 Å². The van der Waals surface area contributed by atoms with E-state index in [-0.39, 0.29) is 12.5 Å². The number of carbonyl (C=O) groups is 1. The minimum atomic E-state index is 0.00665. The van der Waals surface area contributed by atoms with Crippen molar-refractivity contribution in [2.75, 3.05) is 39.5 Å². The summed E-state index contributed by atoms with van der Waals surface area (Å²) < 4.78 is 11.3. The van der Waals surface area contributed by atoms with Gasteiger partial charge in [0.2, 0.25) is 0 Å². The van der Waals surface area contributed by atoms with Gasteiger partial charge in [0.15, 0.2) is 6.61 Å². The summed E-state index contributed by atoms with van der Waals surface area (Å²) in [5.41, 5.74) is 0. The number of hydrogen-bond acceptors (Lipinski definition) is 4. The van der Waals surface area contributed by atoms with E-state index in [9.17, 15) is 4.79 Å². The fraction of sp³-hybridized carbons (Fsp3) is 0.611. The number of benzene rings is 1. The summed E-state index contributed by atoms with van der Waals surface area (Å²) in [5.74, 6) is 0.558. The van der Waals surface area contributed by atoms with Gasteiger partial charge >= 0.3 is 0 Å². The monoisotopic (exact) mass is 352 g/mol. The molecule has 2 fully saturated rings. The number of amides is 1. The molecule has 1 aromatic carbocycles. The molecule has 0 radical (unpaired) electrons. The lowest BCUT2D eigenvalue weighted by Gasteiger charge is -2.48. The Kier molecular flexibility index (Phi) is 5.98. The van der Waals surface area contributed by atoms with Crippen LogP contribution in [0.4, 0.5) is 0 Å². The maximum atomic E-state index is 12.5. The fourth-order valence-corrected chi connectivity index (χ4v) is 3.73. The quantitative estimate of drug-likeness (QED) is 0.816. The van der Waals surface area contributed by atoms with Gasteiger partial charge in [-0.25, -0.2) is 0 Å². The highest BCUT2D eigenvalue weighted by atomic mass is 35.5. The molecule has 3 rings (SSSR count). The predicted octanol–water partition coefficient (Wildman–Crippen LogP) is 2.43. The molecule has 2 heterocycles. The van der Waals surface area contributed by atoms with Crippen LogP contribution in [0.1, 0.15) is 19.8 Å². The molecule has 24 heavy (non-hydrogen) atoms. The van der Waals surface area contributed by atoms with E-state index in [1.807, 2.05) is 17.0 Å². The average molecular weight is 353 g/mol. The summed E-state index contributed by atoms with van der Waals surface area (Å²) in [6.45, 7) is 6.12. The number of para-hydroxylation sites is 1. The third-order valence-electron chi connectivity index (χ3n) is 4.78. The Morgan fingerprint density at radius 3 is 2.96 bits per heavy atom. The third kappa shape index (κ3) is 4.02. The Labute approximate surface area is 148 Å². The first-order chi connectivity index (χ1) is 11.7. The van der Waals surface area contributed by atoms with Crippen molar-refractivity contribution in [3.63, 3.8) is 0 Å². The van der Waals surface area contributed by atoms with E-state index in [1.165, 1.54) is 0 Å². The van der Waals surface area contributed by atoms with Crippen molar-refractivity contribution in [1.29, 1.82) is 0 Å². The highest BCUT2D eigenvalue weighted by Gasteiger charge is 2.36. The number of hydrogen-bond donors (Lipinski definition) is 0. The van der Waals surface area contributed by atoms with Gasteiger partial charge in [0.1, 0.15) is 5.75 Å². The molecule has 0 saturated carbocycles. The van der Waals surface area contributed by atoms with Gasteiger partial charge in [-0.3, -0.25) is 9.69 Å². The normalized spacial score (nSPS) is 24.5. The number of ether oxygens (including phenoxy) is 2. The molecule has 2 aliphatic heterocycles. The van der Waals surface area contributed by atoms with E-state index < -0.39 is 0 Å². The number of halogens is 1. The molecule has 0 aliphatic carbocycles. The molecule has 2 atom stereocenters. The van der Waals surface area contributed by atoms with Crippen LogP contribution in [0.15, 0.2) is 24.3 Å². The maximum absolute atomic E-state index is 12.5. The average Bonchev–Trinajstić information content (AvgIpc) is 2.61. The van der Waals surface area contributed by atoms with E-state index in [2.05, 4.69) is 11.8 Å². The first kappa shape index (κ1) is 17.5. The molecule has 0 N–H and O–H groups in total. The van der Waals surface area contributed by atoms with E-state index in [4.69, 9.17) is 21.1 Å². The smallest absolute Gasteiger partial charge is 0.260 e. The first-order valence-corrected chi connectivity index (χ1v) is 9.05. The van der Waals surface area contributed by atoms with Crippen LogP contribution < -0.4 is 4.74 Å². The van der Waals surface area contributed by atoms with Gasteiger partial charge in [-0.1, -0.05) is 37.1 Å². The lowest BCUT2D eigenvalue weighted by Crippen LogP contribution is -2.63. The molecular weight excluding hydrogens is 328 g/mol. The largest absolute Gasteiger partial charge is 0.482 e. The van der Waals surface area contributed by atoms with Crippen molar-refractivity contribution >= 4 is 17.5 Å². The van der Waals surface area contributed by atoms with Crippen LogP contribution in [-0.4, -0.2) is 67.2 Å². The van der Waals surface area contributed by atoms with E-state index in [0.29, 0.717) is 36.0 Å². The molecule has 1 aromatic rings. The summed E-state index contributed by atoms with van der Waals surface area (Å²) in [4.78, 5) is 16.9. The van der Waals surface area contributed by atoms with E-state index in [1.54, 1.807) is 12.1 Å². The van der Waals surface area contributed by atoms with Crippen molar-refractivity contribution in [2.45, 2.75) is 31.8 Å². The molecule has 2 aliphatic rings. The molecule has 0 unspecified atom stereocenters. The van der Waals surface area contributed by atoms with E-state index in [0.717, 1.165) is 32.5 Å². The highest BCUT2D eigenvalue weighted by molar-refractivity contribution is 6.32. The zero-order chi connectivity index (χ0) is 16.9. The van der Waals surface area contributed by atoms with Crippen LogP contribution in [0.25, 0.3) is 0 Å². The molecule has 6 heteroatoms. The van der Waals surface area contributed by atoms with Crippen LogP contribution in [0, 0.1) is 0 Å². The fourth-order valence-electron chi connectivity index (χ4n) is 3.54. The zero-order valence-electron chi connectivity index (χ0n) is 14.1. The van der Waals surface area contributed by atoms with Crippen molar-refractivity contribution in [3.8, 4) is 5.75 Å². The Balaban J connectivity index is 1.53. The van der Waals surface area contributed by atoms with Crippen LogP contribution in [0.5, 0.6) is 5.75 Å². The molecule has 0 bridgehead atoms. The van der Waals surface area contributed by atoms with Crippen molar-refractivity contribution in [1.82, 2.24) is 9.80 Å². The molecule has 0 aromatic heterocycles. The van der Waals surface area contributed by atoms with Crippen LogP contribution >= 0.6 is 11.6 Å². The lowest BCUT2D eigenvalue weighted by atomic mass is 10.0. The van der Waals surface area contributed by atoms with E-state index >= 15 is 0 Å². The Morgan fingerprint density at radius 2 is 2.17 bits per heavy atom. The van der Waals surface area contributed by atoms with Crippen LogP contribution in [-0.2, 0) is 9.53 Å². The topological polar surface area (TPSA) is 42.0 Å². The SMILES string of the molecule is CCC[C@H]1COC[C@H]2CN(C(=O)COc3ccccc3Cl)CCN12. The van der Waals surface area contributed by atoms with Gasteiger partial charge in [-0.15, -0.1) is 0 Å².